The molecule has 3 nitrogen and oxygen atoms in total. The lowest BCUT2D eigenvalue weighted by Gasteiger charge is -2.20. The predicted molar refractivity (Wildman–Crippen MR) is 89.8 cm³/mol. The minimum absolute atomic E-state index is 0.104. The van der Waals surface area contributed by atoms with Gasteiger partial charge in [0.25, 0.3) is 10.1 Å². The molecule has 4 heteroatoms. The first-order valence-electron chi connectivity index (χ1n) is 8.65. The van der Waals surface area contributed by atoms with E-state index in [0.717, 1.165) is 31.2 Å². The van der Waals surface area contributed by atoms with Gasteiger partial charge >= 0.3 is 0 Å². The van der Waals surface area contributed by atoms with Crippen LogP contribution in [0.3, 0.4) is 0 Å². The maximum absolute atomic E-state index is 11.6. The zero-order valence-corrected chi connectivity index (χ0v) is 14.2. The van der Waals surface area contributed by atoms with Gasteiger partial charge in [-0.2, -0.15) is 8.42 Å². The summed E-state index contributed by atoms with van der Waals surface area (Å²) in [6.07, 6.45) is 13.4. The Morgan fingerprint density at radius 2 is 1.23 bits per heavy atom. The van der Waals surface area contributed by atoms with Gasteiger partial charge in [0.15, 0.2) is 0 Å². The Morgan fingerprint density at radius 1 is 0.773 bits per heavy atom. The van der Waals surface area contributed by atoms with E-state index in [1.54, 1.807) is 6.07 Å². The van der Waals surface area contributed by atoms with E-state index < -0.39 is 10.1 Å². The molecule has 1 saturated carbocycles. The van der Waals surface area contributed by atoms with Crippen molar-refractivity contribution in [3.63, 3.8) is 0 Å². The van der Waals surface area contributed by atoms with E-state index in [1.807, 2.05) is 12.1 Å². The predicted octanol–water partition coefficient (Wildman–Crippen LogP) is 5.32. The highest BCUT2D eigenvalue weighted by Gasteiger charge is 2.21. The van der Waals surface area contributed by atoms with Gasteiger partial charge in [-0.25, -0.2) is 0 Å². The second kappa shape index (κ2) is 8.68. The fourth-order valence-electron chi connectivity index (χ4n) is 3.53. The summed E-state index contributed by atoms with van der Waals surface area (Å²) < 4.78 is 32.7. The highest BCUT2D eigenvalue weighted by molar-refractivity contribution is 7.85. The van der Waals surface area contributed by atoms with E-state index in [4.69, 9.17) is 0 Å². The highest BCUT2D eigenvalue weighted by Crippen LogP contribution is 2.33. The van der Waals surface area contributed by atoms with Crippen LogP contribution in [-0.4, -0.2) is 13.0 Å². The van der Waals surface area contributed by atoms with Crippen LogP contribution in [0.15, 0.2) is 29.2 Å². The quantitative estimate of drug-likeness (QED) is 0.749. The maximum Gasteiger partial charge on any atom is 0.294 e. The smallest absolute Gasteiger partial charge is 0.282 e. The summed E-state index contributed by atoms with van der Waals surface area (Å²) in [5.41, 5.74) is 0.807. The van der Waals surface area contributed by atoms with Gasteiger partial charge in [-0.15, -0.1) is 0 Å². The van der Waals surface area contributed by atoms with Crippen molar-refractivity contribution in [2.45, 2.75) is 81.4 Å². The molecular weight excluding hydrogens is 296 g/mol. The normalized spacial score (nSPS) is 20.0. The molecule has 0 unspecified atom stereocenters. The summed E-state index contributed by atoms with van der Waals surface area (Å²) in [5.74, 6) is 0.248. The van der Waals surface area contributed by atoms with E-state index >= 15 is 0 Å². The Morgan fingerprint density at radius 3 is 1.73 bits per heavy atom. The van der Waals surface area contributed by atoms with Gasteiger partial charge < -0.3 is 0 Å². The molecule has 0 atom stereocenters. The van der Waals surface area contributed by atoms with E-state index in [2.05, 4.69) is 0 Å². The number of hydrogen-bond acceptors (Lipinski definition) is 2. The van der Waals surface area contributed by atoms with Crippen LogP contribution in [0, 0.1) is 0 Å². The van der Waals surface area contributed by atoms with Crippen LogP contribution < -0.4 is 0 Å². The van der Waals surface area contributed by atoms with Crippen molar-refractivity contribution < 1.29 is 13.0 Å². The summed E-state index contributed by atoms with van der Waals surface area (Å²) in [6.45, 7) is 0. The van der Waals surface area contributed by atoms with Gasteiger partial charge in [0.2, 0.25) is 0 Å². The van der Waals surface area contributed by atoms with Gasteiger partial charge in [0.1, 0.15) is 0 Å². The molecule has 0 radical (unpaired) electrons. The second-order valence-electron chi connectivity index (χ2n) is 6.47. The van der Waals surface area contributed by atoms with Gasteiger partial charge in [-0.3, -0.25) is 4.55 Å². The lowest BCUT2D eigenvalue weighted by atomic mass is 9.87. The molecule has 0 aliphatic heterocycles. The van der Waals surface area contributed by atoms with Gasteiger partial charge in [-0.05, 0) is 30.4 Å². The van der Waals surface area contributed by atoms with Crippen molar-refractivity contribution in [3.05, 3.63) is 29.8 Å². The highest BCUT2D eigenvalue weighted by atomic mass is 32.2. The largest absolute Gasteiger partial charge is 0.294 e. The standard InChI is InChI=1S/C18H28O3S/c19-22(20,21)18-15-11-10-14-17(18)16-12-8-6-4-2-1-3-5-7-9-13-16/h10-11,14-16H,1-9,12-13H2,(H,19,20,21). The molecule has 0 bridgehead atoms. The van der Waals surface area contributed by atoms with Crippen molar-refractivity contribution in [2.75, 3.05) is 0 Å². The third-order valence-electron chi connectivity index (χ3n) is 4.74. The maximum atomic E-state index is 11.6. The van der Waals surface area contributed by atoms with Crippen LogP contribution in [0.25, 0.3) is 0 Å². The van der Waals surface area contributed by atoms with Crippen molar-refractivity contribution in [1.82, 2.24) is 0 Å². The van der Waals surface area contributed by atoms with Crippen LogP contribution in [0.5, 0.6) is 0 Å². The first kappa shape index (κ1) is 17.5. The molecule has 22 heavy (non-hydrogen) atoms. The fraction of sp³-hybridized carbons (Fsp3) is 0.667. The Kier molecular flexibility index (Phi) is 6.90. The first-order valence-corrected chi connectivity index (χ1v) is 10.1. The Hall–Kier alpha value is -0.870. The monoisotopic (exact) mass is 324 g/mol. The molecule has 0 heterocycles. The fourth-order valence-corrected chi connectivity index (χ4v) is 4.31. The molecule has 1 N–H and O–H groups in total. The molecule has 1 aromatic rings. The molecule has 1 aliphatic rings. The third-order valence-corrected chi connectivity index (χ3v) is 5.67. The van der Waals surface area contributed by atoms with E-state index in [-0.39, 0.29) is 10.8 Å². The van der Waals surface area contributed by atoms with Gasteiger partial charge in [0, 0.05) is 0 Å². The molecule has 1 aliphatic carbocycles. The molecule has 2 rings (SSSR count). The molecular formula is C18H28O3S. The second-order valence-corrected chi connectivity index (χ2v) is 7.86. The van der Waals surface area contributed by atoms with Crippen molar-refractivity contribution in [2.24, 2.45) is 0 Å². The average Bonchev–Trinajstić information content (AvgIpc) is 2.47. The lowest BCUT2D eigenvalue weighted by molar-refractivity contribution is 0.456. The van der Waals surface area contributed by atoms with E-state index in [0.29, 0.717) is 0 Å². The Labute approximate surface area is 134 Å². The summed E-state index contributed by atoms with van der Waals surface area (Å²) in [6, 6.07) is 6.96. The van der Waals surface area contributed by atoms with Gasteiger partial charge in [0.05, 0.1) is 4.90 Å². The van der Waals surface area contributed by atoms with Crippen LogP contribution in [0.1, 0.15) is 82.1 Å². The lowest BCUT2D eigenvalue weighted by Crippen LogP contribution is -2.08. The SMILES string of the molecule is O=S(=O)(O)c1ccccc1C1CCCCCCCCCCC1. The molecule has 0 spiro atoms. The Bertz CT molecular complexity index is 539. The van der Waals surface area contributed by atoms with Crippen LogP contribution in [-0.2, 0) is 10.1 Å². The van der Waals surface area contributed by atoms with Crippen molar-refractivity contribution >= 4 is 10.1 Å². The first-order chi connectivity index (χ1) is 10.6. The minimum atomic E-state index is -4.13. The summed E-state index contributed by atoms with van der Waals surface area (Å²) in [7, 11) is -4.13. The summed E-state index contributed by atoms with van der Waals surface area (Å²) in [4.78, 5) is 0.104. The molecule has 0 saturated heterocycles. The summed E-state index contributed by atoms with van der Waals surface area (Å²) >= 11 is 0. The molecule has 1 fully saturated rings. The summed E-state index contributed by atoms with van der Waals surface area (Å²) in [5, 5.41) is 0. The van der Waals surface area contributed by atoms with Crippen LogP contribution in [0.2, 0.25) is 0 Å². The molecule has 0 amide bonds. The zero-order chi connectivity index (χ0) is 15.8. The topological polar surface area (TPSA) is 54.4 Å². The number of rotatable bonds is 2. The number of benzene rings is 1. The third kappa shape index (κ3) is 5.40. The van der Waals surface area contributed by atoms with E-state index in [9.17, 15) is 13.0 Å². The minimum Gasteiger partial charge on any atom is -0.282 e. The van der Waals surface area contributed by atoms with Crippen molar-refractivity contribution in [3.8, 4) is 0 Å². The zero-order valence-electron chi connectivity index (χ0n) is 13.3. The van der Waals surface area contributed by atoms with E-state index in [1.165, 1.54) is 51.0 Å². The van der Waals surface area contributed by atoms with Crippen molar-refractivity contribution in [1.29, 1.82) is 0 Å². The molecule has 124 valence electrons. The average molecular weight is 324 g/mol. The molecule has 1 aromatic carbocycles. The molecule has 0 aromatic heterocycles. The number of hydrogen-bond donors (Lipinski definition) is 1. The van der Waals surface area contributed by atoms with Gasteiger partial charge in [-0.1, -0.05) is 76.0 Å². The van der Waals surface area contributed by atoms with Crippen LogP contribution in [0.4, 0.5) is 0 Å². The van der Waals surface area contributed by atoms with Crippen LogP contribution >= 0.6 is 0 Å². The Balaban J connectivity index is 2.16.